The van der Waals surface area contributed by atoms with Crippen LogP contribution in [0.15, 0.2) is 33.7 Å². The SMILES string of the molecule is NC(=NCC(O)COc1ccccc1Br)NCC1CCC1. The van der Waals surface area contributed by atoms with Crippen molar-refractivity contribution < 1.29 is 9.84 Å². The maximum Gasteiger partial charge on any atom is 0.188 e. The number of para-hydroxylation sites is 1. The first-order valence-corrected chi connectivity index (χ1v) is 8.03. The first-order valence-electron chi connectivity index (χ1n) is 7.24. The third-order valence-corrected chi connectivity index (χ3v) is 4.19. The summed E-state index contributed by atoms with van der Waals surface area (Å²) >= 11 is 3.39. The molecule has 0 aliphatic heterocycles. The van der Waals surface area contributed by atoms with E-state index in [9.17, 15) is 5.11 Å². The largest absolute Gasteiger partial charge is 0.490 e. The minimum atomic E-state index is -0.679. The van der Waals surface area contributed by atoms with E-state index in [4.69, 9.17) is 10.5 Å². The van der Waals surface area contributed by atoms with E-state index in [1.165, 1.54) is 19.3 Å². The van der Waals surface area contributed by atoms with E-state index in [0.717, 1.165) is 16.9 Å². The van der Waals surface area contributed by atoms with Crippen molar-refractivity contribution in [3.8, 4) is 5.75 Å². The number of halogens is 1. The minimum absolute atomic E-state index is 0.183. The quantitative estimate of drug-likeness (QED) is 0.515. The topological polar surface area (TPSA) is 79.9 Å². The Morgan fingerprint density at radius 1 is 1.48 bits per heavy atom. The summed E-state index contributed by atoms with van der Waals surface area (Å²) in [5.41, 5.74) is 5.76. The number of guanidine groups is 1. The molecule has 1 atom stereocenters. The number of hydrogen-bond acceptors (Lipinski definition) is 3. The van der Waals surface area contributed by atoms with E-state index in [-0.39, 0.29) is 13.2 Å². The van der Waals surface area contributed by atoms with Gasteiger partial charge in [-0.25, -0.2) is 0 Å². The van der Waals surface area contributed by atoms with E-state index in [2.05, 4.69) is 26.2 Å². The number of ether oxygens (including phenoxy) is 1. The molecular weight excluding hydrogens is 334 g/mol. The van der Waals surface area contributed by atoms with Crippen molar-refractivity contribution in [1.29, 1.82) is 0 Å². The van der Waals surface area contributed by atoms with Gasteiger partial charge in [0.15, 0.2) is 5.96 Å². The van der Waals surface area contributed by atoms with E-state index >= 15 is 0 Å². The molecule has 0 aromatic heterocycles. The maximum atomic E-state index is 9.85. The maximum absolute atomic E-state index is 9.85. The van der Waals surface area contributed by atoms with Gasteiger partial charge in [-0.2, -0.15) is 0 Å². The van der Waals surface area contributed by atoms with Crippen molar-refractivity contribution in [2.75, 3.05) is 19.7 Å². The van der Waals surface area contributed by atoms with Crippen LogP contribution in [0.4, 0.5) is 0 Å². The lowest BCUT2D eigenvalue weighted by Gasteiger charge is -2.25. The number of nitrogens with two attached hydrogens (primary N) is 1. The number of aliphatic hydroxyl groups excluding tert-OH is 1. The van der Waals surface area contributed by atoms with Crippen molar-refractivity contribution in [1.82, 2.24) is 5.32 Å². The number of nitrogens with zero attached hydrogens (tertiary/aromatic N) is 1. The summed E-state index contributed by atoms with van der Waals surface area (Å²) in [4.78, 5) is 4.13. The first kappa shape index (κ1) is 16.1. The van der Waals surface area contributed by atoms with Crippen LogP contribution in [0.2, 0.25) is 0 Å². The molecule has 0 bridgehead atoms. The number of benzene rings is 1. The van der Waals surface area contributed by atoms with Gasteiger partial charge in [0, 0.05) is 6.54 Å². The van der Waals surface area contributed by atoms with E-state index in [0.29, 0.717) is 11.7 Å². The van der Waals surface area contributed by atoms with Crippen LogP contribution < -0.4 is 15.8 Å². The molecule has 1 aliphatic carbocycles. The summed E-state index contributed by atoms with van der Waals surface area (Å²) in [5, 5.41) is 12.9. The molecule has 1 aromatic rings. The van der Waals surface area contributed by atoms with Crippen LogP contribution >= 0.6 is 15.9 Å². The normalized spacial score (nSPS) is 17.1. The predicted octanol–water partition coefficient (Wildman–Crippen LogP) is 1.89. The zero-order valence-corrected chi connectivity index (χ0v) is 13.6. The summed E-state index contributed by atoms with van der Waals surface area (Å²) < 4.78 is 6.39. The second-order valence-corrected chi connectivity index (χ2v) is 6.15. The Morgan fingerprint density at radius 3 is 2.90 bits per heavy atom. The van der Waals surface area contributed by atoms with Crippen LogP contribution in [0, 0.1) is 5.92 Å². The molecule has 1 fully saturated rings. The van der Waals surface area contributed by atoms with E-state index in [1.807, 2.05) is 24.3 Å². The van der Waals surface area contributed by atoms with Gasteiger partial charge >= 0.3 is 0 Å². The number of rotatable bonds is 7. The fourth-order valence-electron chi connectivity index (χ4n) is 2.01. The van der Waals surface area contributed by atoms with Gasteiger partial charge in [0.2, 0.25) is 0 Å². The van der Waals surface area contributed by atoms with Gasteiger partial charge in [0.1, 0.15) is 18.5 Å². The lowest BCUT2D eigenvalue weighted by atomic mass is 9.85. The molecule has 0 radical (unpaired) electrons. The zero-order chi connectivity index (χ0) is 15.1. The smallest absolute Gasteiger partial charge is 0.188 e. The molecule has 5 nitrogen and oxygen atoms in total. The molecule has 2 rings (SSSR count). The standard InChI is InChI=1S/C15H22BrN3O2/c16-13-6-1-2-7-14(13)21-10-12(20)9-19-15(17)18-8-11-4-3-5-11/h1-2,6-7,11-12,20H,3-5,8-10H2,(H3,17,18,19). The van der Waals surface area contributed by atoms with Gasteiger partial charge < -0.3 is 20.9 Å². The molecular formula is C15H22BrN3O2. The summed E-state index contributed by atoms with van der Waals surface area (Å²) in [6, 6.07) is 7.52. The number of aliphatic imine (C=N–C) groups is 1. The monoisotopic (exact) mass is 355 g/mol. The summed E-state index contributed by atoms with van der Waals surface area (Å²) in [6.07, 6.45) is 3.17. The van der Waals surface area contributed by atoms with E-state index in [1.54, 1.807) is 0 Å². The highest BCUT2D eigenvalue weighted by atomic mass is 79.9. The van der Waals surface area contributed by atoms with Gasteiger partial charge in [-0.05, 0) is 46.8 Å². The third kappa shape index (κ3) is 5.55. The van der Waals surface area contributed by atoms with Gasteiger partial charge in [-0.3, -0.25) is 4.99 Å². The van der Waals surface area contributed by atoms with Gasteiger partial charge in [-0.15, -0.1) is 0 Å². The molecule has 1 aliphatic rings. The van der Waals surface area contributed by atoms with Crippen LogP contribution in [-0.4, -0.2) is 36.9 Å². The van der Waals surface area contributed by atoms with Crippen molar-refractivity contribution in [2.24, 2.45) is 16.6 Å². The molecule has 1 unspecified atom stereocenters. The lowest BCUT2D eigenvalue weighted by molar-refractivity contribution is 0.114. The van der Waals surface area contributed by atoms with Gasteiger partial charge in [0.25, 0.3) is 0 Å². The van der Waals surface area contributed by atoms with Crippen LogP contribution in [0.3, 0.4) is 0 Å². The Bertz CT molecular complexity index is 478. The Hall–Kier alpha value is -1.27. The number of nitrogens with one attached hydrogen (secondary N) is 1. The van der Waals surface area contributed by atoms with Crippen LogP contribution in [0.25, 0.3) is 0 Å². The molecule has 21 heavy (non-hydrogen) atoms. The molecule has 0 amide bonds. The van der Waals surface area contributed by atoms with Crippen molar-refractivity contribution in [3.63, 3.8) is 0 Å². The Morgan fingerprint density at radius 2 is 2.24 bits per heavy atom. The highest BCUT2D eigenvalue weighted by molar-refractivity contribution is 9.10. The molecule has 1 saturated carbocycles. The average molecular weight is 356 g/mol. The lowest BCUT2D eigenvalue weighted by Crippen LogP contribution is -2.38. The van der Waals surface area contributed by atoms with Crippen LogP contribution in [-0.2, 0) is 0 Å². The van der Waals surface area contributed by atoms with Gasteiger partial charge in [0.05, 0.1) is 11.0 Å². The third-order valence-electron chi connectivity index (χ3n) is 3.54. The highest BCUT2D eigenvalue weighted by Gasteiger charge is 2.16. The number of hydrogen-bond donors (Lipinski definition) is 3. The molecule has 4 N–H and O–H groups in total. The van der Waals surface area contributed by atoms with Crippen LogP contribution in [0.5, 0.6) is 5.75 Å². The van der Waals surface area contributed by atoms with Crippen molar-refractivity contribution >= 4 is 21.9 Å². The van der Waals surface area contributed by atoms with Crippen molar-refractivity contribution in [3.05, 3.63) is 28.7 Å². The van der Waals surface area contributed by atoms with Crippen LogP contribution in [0.1, 0.15) is 19.3 Å². The Balaban J connectivity index is 1.66. The van der Waals surface area contributed by atoms with Gasteiger partial charge in [-0.1, -0.05) is 18.6 Å². The second-order valence-electron chi connectivity index (χ2n) is 5.30. The Labute approximate surface area is 133 Å². The molecule has 6 heteroatoms. The zero-order valence-electron chi connectivity index (χ0n) is 12.0. The molecule has 0 spiro atoms. The predicted molar refractivity (Wildman–Crippen MR) is 87.5 cm³/mol. The first-order chi connectivity index (χ1) is 10.1. The highest BCUT2D eigenvalue weighted by Crippen LogP contribution is 2.25. The Kier molecular flexibility index (Phi) is 6.32. The summed E-state index contributed by atoms with van der Waals surface area (Å²) in [6.45, 7) is 1.29. The summed E-state index contributed by atoms with van der Waals surface area (Å²) in [5.74, 6) is 1.82. The fraction of sp³-hybridized carbons (Fsp3) is 0.533. The van der Waals surface area contributed by atoms with Crippen molar-refractivity contribution in [2.45, 2.75) is 25.4 Å². The molecule has 1 aromatic carbocycles. The molecule has 116 valence electrons. The minimum Gasteiger partial charge on any atom is -0.490 e. The molecule has 0 heterocycles. The second kappa shape index (κ2) is 8.24. The molecule has 0 saturated heterocycles. The number of aliphatic hydroxyl groups is 1. The fourth-order valence-corrected chi connectivity index (χ4v) is 2.41. The summed E-state index contributed by atoms with van der Waals surface area (Å²) in [7, 11) is 0. The average Bonchev–Trinajstić information content (AvgIpc) is 2.42. The van der Waals surface area contributed by atoms with E-state index < -0.39 is 6.10 Å².